The summed E-state index contributed by atoms with van der Waals surface area (Å²) >= 11 is 0. The molecule has 0 radical (unpaired) electrons. The Hall–Kier alpha value is -2.41. The van der Waals surface area contributed by atoms with Crippen molar-refractivity contribution in [3.8, 4) is 5.75 Å². The van der Waals surface area contributed by atoms with Crippen molar-refractivity contribution in [1.29, 1.82) is 0 Å². The summed E-state index contributed by atoms with van der Waals surface area (Å²) in [5, 5.41) is -0.262. The van der Waals surface area contributed by atoms with Crippen LogP contribution in [-0.2, 0) is 36.2 Å². The minimum atomic E-state index is -3.78. The van der Waals surface area contributed by atoms with Gasteiger partial charge in [0.15, 0.2) is 0 Å². The van der Waals surface area contributed by atoms with Gasteiger partial charge < -0.3 is 13.9 Å². The summed E-state index contributed by atoms with van der Waals surface area (Å²) in [7, 11) is -4.76. The lowest BCUT2D eigenvalue weighted by atomic mass is 10.3. The Balaban J connectivity index is 1.81. The molecule has 30 heavy (non-hydrogen) atoms. The SMILES string of the molecule is CCOc1ccc(S(=O)(=O)NCCC(=O)OCc2ccc(S(=O)(=O)N(C)C)o2)cc1. The third-order valence-corrected chi connectivity index (χ3v) is 6.98. The van der Waals surface area contributed by atoms with Crippen LogP contribution in [0.1, 0.15) is 19.1 Å². The first-order chi connectivity index (χ1) is 14.1. The Labute approximate surface area is 175 Å². The number of rotatable bonds is 11. The Morgan fingerprint density at radius 1 is 1.07 bits per heavy atom. The van der Waals surface area contributed by atoms with E-state index >= 15 is 0 Å². The predicted octanol–water partition coefficient (Wildman–Crippen LogP) is 1.34. The van der Waals surface area contributed by atoms with Gasteiger partial charge in [0.1, 0.15) is 18.1 Å². The molecule has 166 valence electrons. The monoisotopic (exact) mass is 460 g/mol. The molecule has 1 aromatic heterocycles. The smallest absolute Gasteiger partial charge is 0.307 e. The molecular formula is C18H24N2O8S2. The van der Waals surface area contributed by atoms with Crippen LogP contribution in [0, 0.1) is 0 Å². The maximum Gasteiger partial charge on any atom is 0.307 e. The summed E-state index contributed by atoms with van der Waals surface area (Å²) in [4.78, 5) is 11.9. The van der Waals surface area contributed by atoms with Gasteiger partial charge in [-0.15, -0.1) is 0 Å². The molecule has 0 fully saturated rings. The van der Waals surface area contributed by atoms with Gasteiger partial charge in [-0.25, -0.2) is 25.9 Å². The third kappa shape index (κ3) is 6.29. The highest BCUT2D eigenvalue weighted by Crippen LogP contribution is 2.18. The van der Waals surface area contributed by atoms with Crippen LogP contribution in [0.5, 0.6) is 5.75 Å². The molecule has 0 spiro atoms. The van der Waals surface area contributed by atoms with Crippen molar-refractivity contribution >= 4 is 26.0 Å². The summed E-state index contributed by atoms with van der Waals surface area (Å²) in [6.07, 6.45) is -0.209. The molecule has 0 amide bonds. The van der Waals surface area contributed by atoms with E-state index in [0.29, 0.717) is 12.4 Å². The quantitative estimate of drug-likeness (QED) is 0.497. The molecule has 0 bridgehead atoms. The zero-order valence-corrected chi connectivity index (χ0v) is 18.5. The minimum Gasteiger partial charge on any atom is -0.494 e. The molecule has 0 aliphatic carbocycles. The van der Waals surface area contributed by atoms with Crippen LogP contribution in [0.2, 0.25) is 0 Å². The van der Waals surface area contributed by atoms with E-state index in [0.717, 1.165) is 4.31 Å². The second-order valence-corrected chi connectivity index (χ2v) is 10.1. The summed E-state index contributed by atoms with van der Waals surface area (Å²) in [6, 6.07) is 8.55. The van der Waals surface area contributed by atoms with E-state index in [1.807, 2.05) is 6.92 Å². The molecule has 0 aliphatic rings. The van der Waals surface area contributed by atoms with E-state index in [1.165, 1.54) is 38.4 Å². The van der Waals surface area contributed by atoms with Gasteiger partial charge >= 0.3 is 5.97 Å². The first kappa shape index (κ1) is 23.9. The van der Waals surface area contributed by atoms with Gasteiger partial charge in [-0.2, -0.15) is 0 Å². The van der Waals surface area contributed by atoms with Crippen LogP contribution in [0.15, 0.2) is 50.8 Å². The molecule has 1 N–H and O–H groups in total. The Bertz CT molecular complexity index is 1060. The van der Waals surface area contributed by atoms with E-state index in [1.54, 1.807) is 12.1 Å². The van der Waals surface area contributed by atoms with E-state index in [4.69, 9.17) is 13.9 Å². The van der Waals surface area contributed by atoms with Crippen molar-refractivity contribution in [1.82, 2.24) is 9.03 Å². The lowest BCUT2D eigenvalue weighted by molar-refractivity contribution is -0.145. The van der Waals surface area contributed by atoms with Crippen LogP contribution in [0.4, 0.5) is 0 Å². The largest absolute Gasteiger partial charge is 0.494 e. The second-order valence-electron chi connectivity index (χ2n) is 6.22. The fourth-order valence-corrected chi connectivity index (χ4v) is 4.07. The van der Waals surface area contributed by atoms with Crippen molar-refractivity contribution in [3.05, 3.63) is 42.2 Å². The summed E-state index contributed by atoms with van der Waals surface area (Å²) in [5.41, 5.74) is 0. The first-order valence-electron chi connectivity index (χ1n) is 8.95. The highest BCUT2D eigenvalue weighted by atomic mass is 32.2. The fourth-order valence-electron chi connectivity index (χ4n) is 2.23. The highest BCUT2D eigenvalue weighted by Gasteiger charge is 2.22. The molecule has 0 saturated carbocycles. The van der Waals surface area contributed by atoms with Gasteiger partial charge in [-0.1, -0.05) is 0 Å². The Morgan fingerprint density at radius 3 is 2.33 bits per heavy atom. The molecule has 1 aromatic carbocycles. The number of carbonyl (C=O) groups is 1. The number of hydrogen-bond acceptors (Lipinski definition) is 8. The number of nitrogens with zero attached hydrogens (tertiary/aromatic N) is 1. The Morgan fingerprint density at radius 2 is 1.73 bits per heavy atom. The number of benzene rings is 1. The molecule has 0 aliphatic heterocycles. The fraction of sp³-hybridized carbons (Fsp3) is 0.389. The van der Waals surface area contributed by atoms with Crippen molar-refractivity contribution in [2.75, 3.05) is 27.2 Å². The molecule has 0 unspecified atom stereocenters. The second kappa shape index (κ2) is 10.1. The molecule has 0 saturated heterocycles. The van der Waals surface area contributed by atoms with Gasteiger partial charge in [-0.05, 0) is 43.3 Å². The third-order valence-electron chi connectivity index (χ3n) is 3.81. The minimum absolute atomic E-state index is 0.0459. The van der Waals surface area contributed by atoms with Crippen molar-refractivity contribution in [2.24, 2.45) is 0 Å². The summed E-state index contributed by atoms with van der Waals surface area (Å²) in [6.45, 7) is 1.86. The zero-order valence-electron chi connectivity index (χ0n) is 16.8. The molecule has 2 aromatic rings. The first-order valence-corrected chi connectivity index (χ1v) is 11.9. The van der Waals surface area contributed by atoms with Gasteiger partial charge in [0.2, 0.25) is 15.1 Å². The van der Waals surface area contributed by atoms with Crippen molar-refractivity contribution in [3.63, 3.8) is 0 Å². The van der Waals surface area contributed by atoms with Crippen molar-refractivity contribution in [2.45, 2.75) is 29.9 Å². The maximum atomic E-state index is 12.2. The highest BCUT2D eigenvalue weighted by molar-refractivity contribution is 7.89. The number of esters is 1. The van der Waals surface area contributed by atoms with E-state index in [2.05, 4.69) is 4.72 Å². The standard InChI is InChI=1S/C18H24N2O8S2/c1-4-26-14-5-8-16(9-6-14)29(22,23)19-12-11-17(21)27-13-15-7-10-18(28-15)30(24,25)20(2)3/h5-10,19H,4,11-13H2,1-3H3. The molecule has 2 rings (SSSR count). The average Bonchev–Trinajstić information content (AvgIpc) is 3.17. The predicted molar refractivity (Wildman–Crippen MR) is 107 cm³/mol. The number of hydrogen-bond donors (Lipinski definition) is 1. The topological polar surface area (TPSA) is 132 Å². The lowest BCUT2D eigenvalue weighted by Crippen LogP contribution is -2.26. The Kier molecular flexibility index (Phi) is 8.01. The van der Waals surface area contributed by atoms with Crippen LogP contribution in [0.3, 0.4) is 0 Å². The number of sulfonamides is 2. The lowest BCUT2D eigenvalue weighted by Gasteiger charge is -2.08. The van der Waals surface area contributed by atoms with E-state index < -0.39 is 26.0 Å². The van der Waals surface area contributed by atoms with Crippen LogP contribution in [-0.4, -0.2) is 54.4 Å². The summed E-state index contributed by atoms with van der Waals surface area (Å²) < 4.78 is 67.1. The van der Waals surface area contributed by atoms with E-state index in [9.17, 15) is 21.6 Å². The van der Waals surface area contributed by atoms with Gasteiger partial charge in [0.25, 0.3) is 10.0 Å². The van der Waals surface area contributed by atoms with Crippen LogP contribution >= 0.6 is 0 Å². The van der Waals surface area contributed by atoms with E-state index in [-0.39, 0.29) is 35.3 Å². The van der Waals surface area contributed by atoms with Crippen LogP contribution < -0.4 is 9.46 Å². The van der Waals surface area contributed by atoms with Gasteiger partial charge in [-0.3, -0.25) is 4.79 Å². The normalized spacial score (nSPS) is 12.1. The molecule has 0 atom stereocenters. The molecule has 1 heterocycles. The zero-order chi connectivity index (χ0) is 22.4. The van der Waals surface area contributed by atoms with Gasteiger partial charge in [0.05, 0.1) is 17.9 Å². The van der Waals surface area contributed by atoms with Gasteiger partial charge in [0, 0.05) is 20.6 Å². The maximum absolute atomic E-state index is 12.2. The number of ether oxygens (including phenoxy) is 2. The van der Waals surface area contributed by atoms with Crippen molar-refractivity contribution < 1.29 is 35.5 Å². The summed E-state index contributed by atoms with van der Waals surface area (Å²) in [5.74, 6) is 0.0380. The number of furan rings is 1. The average molecular weight is 461 g/mol. The number of nitrogens with one attached hydrogen (secondary N) is 1. The number of carbonyl (C=O) groups excluding carboxylic acids is 1. The van der Waals surface area contributed by atoms with Crippen LogP contribution in [0.25, 0.3) is 0 Å². The molecular weight excluding hydrogens is 436 g/mol. The molecule has 10 nitrogen and oxygen atoms in total. The molecule has 12 heteroatoms.